The summed E-state index contributed by atoms with van der Waals surface area (Å²) in [6, 6.07) is 10.8. The second-order valence-corrected chi connectivity index (χ2v) is 7.15. The van der Waals surface area contributed by atoms with Gasteiger partial charge in [-0.3, -0.25) is 9.58 Å². The van der Waals surface area contributed by atoms with Gasteiger partial charge in [0.2, 0.25) is 0 Å². The van der Waals surface area contributed by atoms with Crippen LogP contribution < -0.4 is 0 Å². The normalized spacial score (nSPS) is 23.8. The summed E-state index contributed by atoms with van der Waals surface area (Å²) in [5.74, 6) is 0. The predicted molar refractivity (Wildman–Crippen MR) is 91.6 cm³/mol. The summed E-state index contributed by atoms with van der Waals surface area (Å²) in [6.45, 7) is 4.40. The maximum Gasteiger partial charge on any atom is 0.0801 e. The highest BCUT2D eigenvalue weighted by molar-refractivity contribution is 5.22. The third kappa shape index (κ3) is 3.53. The van der Waals surface area contributed by atoms with Gasteiger partial charge in [0.05, 0.1) is 24.9 Å². The molecular formula is C19H25N3O2. The number of hydrogen-bond acceptors (Lipinski definition) is 4. The molecule has 4 rings (SSSR count). The number of piperidine rings is 1. The van der Waals surface area contributed by atoms with Crippen LogP contribution in [0.1, 0.15) is 30.4 Å². The highest BCUT2D eigenvalue weighted by Gasteiger charge is 2.41. The first-order valence-electron chi connectivity index (χ1n) is 8.80. The summed E-state index contributed by atoms with van der Waals surface area (Å²) in [5.41, 5.74) is 2.57. The van der Waals surface area contributed by atoms with Crippen LogP contribution in [0.2, 0.25) is 0 Å². The van der Waals surface area contributed by atoms with Crippen LogP contribution in [0.5, 0.6) is 0 Å². The zero-order valence-electron chi connectivity index (χ0n) is 14.0. The van der Waals surface area contributed by atoms with Crippen LogP contribution in [-0.4, -0.2) is 51.2 Å². The largest absolute Gasteiger partial charge is 0.391 e. The number of aliphatic hydroxyl groups is 1. The average molecular weight is 327 g/mol. The number of rotatable bonds is 4. The number of aromatic nitrogens is 2. The molecule has 0 bridgehead atoms. The van der Waals surface area contributed by atoms with Gasteiger partial charge in [-0.1, -0.05) is 24.3 Å². The highest BCUT2D eigenvalue weighted by atomic mass is 16.5. The van der Waals surface area contributed by atoms with Gasteiger partial charge in [0.1, 0.15) is 0 Å². The standard InChI is InChI=1S/C19H25N3O2/c23-18-12-19(24-15-18)6-10-21(11-7-19)13-16-2-4-17(5-3-16)14-22-9-1-8-20-22/h1-5,8-9,18,23H,6-7,10-15H2/t18-/m1/s1. The van der Waals surface area contributed by atoms with Crippen LogP contribution in [0.25, 0.3) is 0 Å². The molecule has 1 aromatic heterocycles. The first-order chi connectivity index (χ1) is 11.7. The Morgan fingerprint density at radius 1 is 1.12 bits per heavy atom. The Bertz CT molecular complexity index is 646. The van der Waals surface area contributed by atoms with Crippen molar-refractivity contribution in [3.8, 4) is 0 Å². The molecule has 1 spiro atoms. The van der Waals surface area contributed by atoms with Crippen molar-refractivity contribution >= 4 is 0 Å². The lowest BCUT2D eigenvalue weighted by Crippen LogP contribution is -2.43. The van der Waals surface area contributed by atoms with Gasteiger partial charge in [0, 0.05) is 38.4 Å². The molecule has 24 heavy (non-hydrogen) atoms. The summed E-state index contributed by atoms with van der Waals surface area (Å²) in [4.78, 5) is 2.49. The van der Waals surface area contributed by atoms with Crippen LogP contribution in [-0.2, 0) is 17.8 Å². The van der Waals surface area contributed by atoms with E-state index in [-0.39, 0.29) is 11.7 Å². The topological polar surface area (TPSA) is 50.5 Å². The average Bonchev–Trinajstić information content (AvgIpc) is 3.22. The van der Waals surface area contributed by atoms with E-state index in [2.05, 4.69) is 34.3 Å². The number of ether oxygens (including phenoxy) is 1. The summed E-state index contributed by atoms with van der Waals surface area (Å²) >= 11 is 0. The minimum Gasteiger partial charge on any atom is -0.391 e. The number of likely N-dealkylation sites (tertiary alicyclic amines) is 1. The van der Waals surface area contributed by atoms with Crippen LogP contribution in [0.4, 0.5) is 0 Å². The fourth-order valence-corrected chi connectivity index (χ4v) is 3.88. The number of aliphatic hydroxyl groups excluding tert-OH is 1. The molecule has 0 unspecified atom stereocenters. The SMILES string of the molecule is O[C@H]1COC2(CCN(Cc3ccc(Cn4cccn4)cc3)CC2)C1. The molecule has 5 heteroatoms. The van der Waals surface area contributed by atoms with Gasteiger partial charge in [-0.2, -0.15) is 5.10 Å². The fraction of sp³-hybridized carbons (Fsp3) is 0.526. The first kappa shape index (κ1) is 15.8. The number of nitrogens with zero attached hydrogens (tertiary/aromatic N) is 3. The molecule has 1 aromatic carbocycles. The lowest BCUT2D eigenvalue weighted by Gasteiger charge is -2.38. The zero-order chi connectivity index (χ0) is 16.4. The van der Waals surface area contributed by atoms with E-state index in [0.29, 0.717) is 6.61 Å². The minimum absolute atomic E-state index is 0.0520. The third-order valence-corrected chi connectivity index (χ3v) is 5.29. The van der Waals surface area contributed by atoms with Crippen molar-refractivity contribution in [3.05, 3.63) is 53.9 Å². The van der Waals surface area contributed by atoms with Gasteiger partial charge >= 0.3 is 0 Å². The third-order valence-electron chi connectivity index (χ3n) is 5.29. The summed E-state index contributed by atoms with van der Waals surface area (Å²) in [7, 11) is 0. The molecular weight excluding hydrogens is 302 g/mol. The Morgan fingerprint density at radius 2 is 1.83 bits per heavy atom. The fourth-order valence-electron chi connectivity index (χ4n) is 3.88. The summed E-state index contributed by atoms with van der Waals surface area (Å²) < 4.78 is 7.81. The molecule has 5 nitrogen and oxygen atoms in total. The van der Waals surface area contributed by atoms with E-state index in [4.69, 9.17) is 4.74 Å². The van der Waals surface area contributed by atoms with Crippen molar-refractivity contribution in [2.75, 3.05) is 19.7 Å². The molecule has 2 aromatic rings. The maximum atomic E-state index is 9.72. The molecule has 0 saturated carbocycles. The molecule has 1 N–H and O–H groups in total. The second-order valence-electron chi connectivity index (χ2n) is 7.15. The van der Waals surface area contributed by atoms with E-state index in [1.807, 2.05) is 23.1 Å². The van der Waals surface area contributed by atoms with E-state index in [1.165, 1.54) is 11.1 Å². The minimum atomic E-state index is -0.265. The maximum absolute atomic E-state index is 9.72. The van der Waals surface area contributed by atoms with Crippen LogP contribution in [0.3, 0.4) is 0 Å². The Hall–Kier alpha value is -1.69. The van der Waals surface area contributed by atoms with Crippen molar-refractivity contribution in [2.45, 2.75) is 44.1 Å². The first-order valence-corrected chi connectivity index (χ1v) is 8.80. The van der Waals surface area contributed by atoms with Gasteiger partial charge in [-0.15, -0.1) is 0 Å². The molecule has 128 valence electrons. The van der Waals surface area contributed by atoms with E-state index >= 15 is 0 Å². The Kier molecular flexibility index (Phi) is 4.39. The number of benzene rings is 1. The monoisotopic (exact) mass is 327 g/mol. The van der Waals surface area contributed by atoms with Crippen molar-refractivity contribution < 1.29 is 9.84 Å². The van der Waals surface area contributed by atoms with Gasteiger partial charge in [-0.25, -0.2) is 0 Å². The van der Waals surface area contributed by atoms with Gasteiger partial charge in [0.25, 0.3) is 0 Å². The lowest BCUT2D eigenvalue weighted by molar-refractivity contribution is -0.0456. The van der Waals surface area contributed by atoms with Crippen molar-refractivity contribution in [1.82, 2.24) is 14.7 Å². The Labute approximate surface area is 142 Å². The molecule has 1 atom stereocenters. The van der Waals surface area contributed by atoms with E-state index in [1.54, 1.807) is 0 Å². The van der Waals surface area contributed by atoms with E-state index in [9.17, 15) is 5.11 Å². The van der Waals surface area contributed by atoms with Crippen molar-refractivity contribution in [3.63, 3.8) is 0 Å². The Morgan fingerprint density at radius 3 is 2.42 bits per heavy atom. The van der Waals surface area contributed by atoms with Gasteiger partial charge < -0.3 is 9.84 Å². The molecule has 2 aliphatic heterocycles. The highest BCUT2D eigenvalue weighted by Crippen LogP contribution is 2.36. The molecule has 0 radical (unpaired) electrons. The second kappa shape index (κ2) is 6.67. The molecule has 2 fully saturated rings. The van der Waals surface area contributed by atoms with E-state index in [0.717, 1.165) is 45.4 Å². The smallest absolute Gasteiger partial charge is 0.0801 e. The summed E-state index contributed by atoms with van der Waals surface area (Å²) in [5, 5.41) is 14.0. The zero-order valence-corrected chi connectivity index (χ0v) is 14.0. The lowest BCUT2D eigenvalue weighted by atomic mass is 9.88. The predicted octanol–water partition coefficient (Wildman–Crippen LogP) is 2.05. The Balaban J connectivity index is 1.30. The molecule has 0 aliphatic carbocycles. The molecule has 0 amide bonds. The molecule has 2 saturated heterocycles. The van der Waals surface area contributed by atoms with Crippen LogP contribution >= 0.6 is 0 Å². The molecule has 3 heterocycles. The van der Waals surface area contributed by atoms with Gasteiger partial charge in [0.15, 0.2) is 0 Å². The van der Waals surface area contributed by atoms with Gasteiger partial charge in [-0.05, 0) is 30.0 Å². The summed E-state index contributed by atoms with van der Waals surface area (Å²) in [6.07, 6.45) is 6.40. The van der Waals surface area contributed by atoms with Crippen LogP contribution in [0, 0.1) is 0 Å². The van der Waals surface area contributed by atoms with Crippen molar-refractivity contribution in [2.24, 2.45) is 0 Å². The van der Waals surface area contributed by atoms with Crippen molar-refractivity contribution in [1.29, 1.82) is 0 Å². The molecule has 2 aliphatic rings. The number of hydrogen-bond donors (Lipinski definition) is 1. The quantitative estimate of drug-likeness (QED) is 0.934. The van der Waals surface area contributed by atoms with Crippen LogP contribution in [0.15, 0.2) is 42.7 Å². The van der Waals surface area contributed by atoms with E-state index < -0.39 is 0 Å².